The third-order valence-corrected chi connectivity index (χ3v) is 3.72. The molecule has 140 valence electrons. The summed E-state index contributed by atoms with van der Waals surface area (Å²) >= 11 is 6.08. The number of nitrogens with zero attached hydrogens (tertiary/aromatic N) is 2. The predicted octanol–water partition coefficient (Wildman–Crippen LogP) is 4.20. The first-order chi connectivity index (χ1) is 12.8. The van der Waals surface area contributed by atoms with E-state index in [-0.39, 0.29) is 18.1 Å². The number of hydrogen-bond acceptors (Lipinski definition) is 4. The average Bonchev–Trinajstić information content (AvgIpc) is 3.04. The van der Waals surface area contributed by atoms with Gasteiger partial charge < -0.3 is 4.74 Å². The molecule has 0 aliphatic heterocycles. The maximum Gasteiger partial charge on any atom is 0.573 e. The number of aromatic amines is 1. The van der Waals surface area contributed by atoms with Crippen LogP contribution < -0.4 is 10.1 Å². The van der Waals surface area contributed by atoms with Crippen LogP contribution in [0.3, 0.4) is 0 Å². The van der Waals surface area contributed by atoms with E-state index in [1.54, 1.807) is 24.3 Å². The Bertz CT molecular complexity index is 942. The number of amides is 1. The van der Waals surface area contributed by atoms with Crippen LogP contribution in [0.4, 0.5) is 19.1 Å². The van der Waals surface area contributed by atoms with Gasteiger partial charge in [0.15, 0.2) is 5.82 Å². The summed E-state index contributed by atoms with van der Waals surface area (Å²) in [7, 11) is 0. The highest BCUT2D eigenvalue weighted by molar-refractivity contribution is 6.33. The normalized spacial score (nSPS) is 11.3. The summed E-state index contributed by atoms with van der Waals surface area (Å²) in [6, 6.07) is 12.0. The summed E-state index contributed by atoms with van der Waals surface area (Å²) in [5.74, 6) is -0.328. The van der Waals surface area contributed by atoms with Crippen molar-refractivity contribution < 1.29 is 22.7 Å². The van der Waals surface area contributed by atoms with Gasteiger partial charge in [-0.3, -0.25) is 15.2 Å². The summed E-state index contributed by atoms with van der Waals surface area (Å²) in [6.07, 6.45) is -4.83. The fourth-order valence-corrected chi connectivity index (χ4v) is 2.48. The zero-order valence-corrected chi connectivity index (χ0v) is 14.3. The van der Waals surface area contributed by atoms with E-state index in [0.717, 1.165) is 12.1 Å². The lowest BCUT2D eigenvalue weighted by molar-refractivity contribution is -0.274. The molecule has 1 heterocycles. The molecule has 10 heteroatoms. The summed E-state index contributed by atoms with van der Waals surface area (Å²) in [4.78, 5) is 16.2. The van der Waals surface area contributed by atoms with E-state index >= 15 is 0 Å². The highest BCUT2D eigenvalue weighted by Crippen LogP contribution is 2.25. The molecule has 0 bridgehead atoms. The van der Waals surface area contributed by atoms with Crippen molar-refractivity contribution in [2.75, 3.05) is 5.32 Å². The number of rotatable bonds is 5. The Hall–Kier alpha value is -3.07. The second-order valence-electron chi connectivity index (χ2n) is 5.40. The Morgan fingerprint density at radius 3 is 2.52 bits per heavy atom. The Kier molecular flexibility index (Phi) is 5.31. The molecule has 0 saturated heterocycles. The lowest BCUT2D eigenvalue weighted by atomic mass is 10.1. The molecule has 0 unspecified atom stereocenters. The average molecular weight is 397 g/mol. The van der Waals surface area contributed by atoms with Gasteiger partial charge in [0.05, 0.1) is 11.4 Å². The van der Waals surface area contributed by atoms with Gasteiger partial charge in [-0.1, -0.05) is 35.9 Å². The molecule has 0 aliphatic carbocycles. The van der Waals surface area contributed by atoms with Crippen LogP contribution in [-0.4, -0.2) is 27.5 Å². The summed E-state index contributed by atoms with van der Waals surface area (Å²) in [6.45, 7) is 0. The van der Waals surface area contributed by atoms with E-state index in [4.69, 9.17) is 11.6 Å². The highest BCUT2D eigenvalue weighted by atomic mass is 35.5. The van der Waals surface area contributed by atoms with E-state index in [0.29, 0.717) is 22.0 Å². The molecule has 2 aromatic carbocycles. The molecular formula is C17H12ClF3N4O2. The quantitative estimate of drug-likeness (QED) is 0.677. The second kappa shape index (κ2) is 7.67. The van der Waals surface area contributed by atoms with Crippen LogP contribution in [0.25, 0.3) is 11.4 Å². The smallest absolute Gasteiger partial charge is 0.406 e. The Balaban J connectivity index is 1.61. The van der Waals surface area contributed by atoms with Crippen molar-refractivity contribution in [3.63, 3.8) is 0 Å². The summed E-state index contributed by atoms with van der Waals surface area (Å²) < 4.78 is 40.2. The first kappa shape index (κ1) is 18.7. The van der Waals surface area contributed by atoms with Gasteiger partial charge in [-0.15, -0.1) is 18.3 Å². The second-order valence-corrected chi connectivity index (χ2v) is 5.81. The molecule has 0 spiro atoms. The summed E-state index contributed by atoms with van der Waals surface area (Å²) in [5.41, 5.74) is 1.14. The van der Waals surface area contributed by atoms with Crippen molar-refractivity contribution in [3.05, 3.63) is 59.1 Å². The van der Waals surface area contributed by atoms with Crippen LogP contribution in [0, 0.1) is 0 Å². The first-order valence-electron chi connectivity index (χ1n) is 7.62. The van der Waals surface area contributed by atoms with Crippen LogP contribution in [0.1, 0.15) is 5.56 Å². The fraction of sp³-hybridized carbons (Fsp3) is 0.118. The number of carbonyl (C=O) groups is 1. The molecule has 3 aromatic rings. The van der Waals surface area contributed by atoms with Gasteiger partial charge >= 0.3 is 6.36 Å². The van der Waals surface area contributed by atoms with Gasteiger partial charge in [0.2, 0.25) is 11.9 Å². The number of hydrogen-bond donors (Lipinski definition) is 2. The number of aromatic nitrogens is 3. The van der Waals surface area contributed by atoms with Crippen molar-refractivity contribution >= 4 is 23.5 Å². The number of H-pyrrole nitrogens is 1. The van der Waals surface area contributed by atoms with Crippen molar-refractivity contribution in [3.8, 4) is 17.1 Å². The van der Waals surface area contributed by atoms with Crippen LogP contribution in [-0.2, 0) is 11.2 Å². The maximum atomic E-state index is 12.1. The Labute approximate surface area is 156 Å². The van der Waals surface area contributed by atoms with E-state index in [1.807, 2.05) is 0 Å². The zero-order valence-electron chi connectivity index (χ0n) is 13.5. The molecule has 0 aliphatic rings. The molecule has 1 amide bonds. The van der Waals surface area contributed by atoms with Gasteiger partial charge in [0.25, 0.3) is 0 Å². The first-order valence-corrected chi connectivity index (χ1v) is 8.00. The number of ether oxygens (including phenoxy) is 1. The Morgan fingerprint density at radius 1 is 1.15 bits per heavy atom. The highest BCUT2D eigenvalue weighted by Gasteiger charge is 2.30. The topological polar surface area (TPSA) is 79.9 Å². The summed E-state index contributed by atoms with van der Waals surface area (Å²) in [5, 5.41) is 9.56. The molecule has 1 aromatic heterocycles. The van der Waals surface area contributed by atoms with Crippen LogP contribution in [0.2, 0.25) is 5.02 Å². The lowest BCUT2D eigenvalue weighted by Gasteiger charge is -2.09. The third-order valence-electron chi connectivity index (χ3n) is 3.39. The number of carbonyl (C=O) groups excluding carboxylic acids is 1. The van der Waals surface area contributed by atoms with Crippen molar-refractivity contribution in [2.24, 2.45) is 0 Å². The molecule has 27 heavy (non-hydrogen) atoms. The molecule has 0 fully saturated rings. The number of anilines is 1. The minimum Gasteiger partial charge on any atom is -0.406 e. The van der Waals surface area contributed by atoms with Crippen LogP contribution in [0.15, 0.2) is 48.5 Å². The molecule has 0 atom stereocenters. The lowest BCUT2D eigenvalue weighted by Crippen LogP contribution is -2.17. The zero-order chi connectivity index (χ0) is 19.4. The maximum absolute atomic E-state index is 12.1. The molecule has 6 nitrogen and oxygen atoms in total. The number of halogens is 4. The Morgan fingerprint density at radius 2 is 1.85 bits per heavy atom. The van der Waals surface area contributed by atoms with Crippen molar-refractivity contribution in [2.45, 2.75) is 12.8 Å². The molecule has 3 rings (SSSR count). The predicted molar refractivity (Wildman–Crippen MR) is 92.3 cm³/mol. The van der Waals surface area contributed by atoms with Crippen molar-refractivity contribution in [1.29, 1.82) is 0 Å². The standard InChI is InChI=1S/C17H12ClF3N4O2/c18-13-4-2-1-3-12(13)15-23-16(25-24-15)22-14(26)9-10-5-7-11(8-6-10)27-17(19,20)21/h1-8H,9H2,(H2,22,23,24,25,26). The minimum absolute atomic E-state index is 0.0620. The van der Waals surface area contributed by atoms with E-state index in [9.17, 15) is 18.0 Å². The van der Waals surface area contributed by atoms with Gasteiger partial charge in [-0.2, -0.15) is 4.98 Å². The van der Waals surface area contributed by atoms with Gasteiger partial charge in [-0.05, 0) is 29.8 Å². The van der Waals surface area contributed by atoms with E-state index < -0.39 is 12.3 Å². The van der Waals surface area contributed by atoms with Crippen LogP contribution >= 0.6 is 11.6 Å². The largest absolute Gasteiger partial charge is 0.573 e. The van der Waals surface area contributed by atoms with E-state index in [1.165, 1.54) is 12.1 Å². The molecule has 2 N–H and O–H groups in total. The monoisotopic (exact) mass is 396 g/mol. The van der Waals surface area contributed by atoms with Gasteiger partial charge in [-0.25, -0.2) is 0 Å². The molecule has 0 saturated carbocycles. The fourth-order valence-electron chi connectivity index (χ4n) is 2.25. The van der Waals surface area contributed by atoms with Gasteiger partial charge in [0.1, 0.15) is 5.75 Å². The van der Waals surface area contributed by atoms with Gasteiger partial charge in [0, 0.05) is 5.56 Å². The van der Waals surface area contributed by atoms with Crippen LogP contribution in [0.5, 0.6) is 5.75 Å². The van der Waals surface area contributed by atoms with Crippen molar-refractivity contribution in [1.82, 2.24) is 15.2 Å². The molecule has 0 radical (unpaired) electrons. The number of alkyl halides is 3. The SMILES string of the molecule is O=C(Cc1ccc(OC(F)(F)F)cc1)Nc1n[nH]c(-c2ccccc2Cl)n1. The van der Waals surface area contributed by atoms with E-state index in [2.05, 4.69) is 25.2 Å². The minimum atomic E-state index is -4.76. The number of nitrogens with one attached hydrogen (secondary N) is 2. The molecular weight excluding hydrogens is 385 g/mol. The number of benzene rings is 2. The third kappa shape index (κ3) is 5.20.